The van der Waals surface area contributed by atoms with Gasteiger partial charge in [-0.1, -0.05) is 30.7 Å². The van der Waals surface area contributed by atoms with Crippen molar-refractivity contribution in [2.45, 2.75) is 61.8 Å². The lowest BCUT2D eigenvalue weighted by Gasteiger charge is -2.13. The van der Waals surface area contributed by atoms with Gasteiger partial charge in [-0.2, -0.15) is 0 Å². The number of esters is 1. The molecule has 0 saturated carbocycles. The molecule has 0 amide bonds. The van der Waals surface area contributed by atoms with E-state index in [2.05, 4.69) is 9.44 Å². The van der Waals surface area contributed by atoms with Gasteiger partial charge in [-0.3, -0.25) is 4.79 Å². The first-order valence-electron chi connectivity index (χ1n) is 10.8. The molecule has 0 aromatic heterocycles. The summed E-state index contributed by atoms with van der Waals surface area (Å²) in [6.07, 6.45) is 4.12. The first kappa shape index (κ1) is 27.0. The van der Waals surface area contributed by atoms with Gasteiger partial charge in [0.1, 0.15) is 6.10 Å². The maximum absolute atomic E-state index is 12.4. The Labute approximate surface area is 196 Å². The molecule has 1 atom stereocenters. The number of unbranched alkanes of at least 4 members (excludes halogenated alkanes) is 2. The van der Waals surface area contributed by atoms with Gasteiger partial charge in [0.25, 0.3) is 0 Å². The topological polar surface area (TPSA) is 119 Å². The molecule has 2 N–H and O–H groups in total. The summed E-state index contributed by atoms with van der Waals surface area (Å²) in [7, 11) is -5.68. The summed E-state index contributed by atoms with van der Waals surface area (Å²) in [4.78, 5) is 11.3. The van der Waals surface area contributed by atoms with Crippen molar-refractivity contribution in [3.63, 3.8) is 0 Å². The molecule has 0 saturated heterocycles. The predicted octanol–water partition coefficient (Wildman–Crippen LogP) is 2.78. The van der Waals surface area contributed by atoms with E-state index < -0.39 is 32.1 Å². The van der Waals surface area contributed by atoms with Crippen LogP contribution < -0.4 is 9.44 Å². The number of ether oxygens (including phenoxy) is 1. The van der Waals surface area contributed by atoms with Crippen molar-refractivity contribution in [1.29, 1.82) is 0 Å². The number of carbonyl (C=O) groups is 1. The van der Waals surface area contributed by atoms with Gasteiger partial charge in [-0.25, -0.2) is 26.3 Å². The molecule has 2 aromatic rings. The summed E-state index contributed by atoms with van der Waals surface area (Å²) >= 11 is 0. The van der Waals surface area contributed by atoms with E-state index in [-0.39, 0.29) is 16.3 Å². The molecule has 8 nitrogen and oxygen atoms in total. The summed E-state index contributed by atoms with van der Waals surface area (Å²) in [5.41, 5.74) is 2.15. The fraction of sp³-hybridized carbons (Fsp3) is 0.435. The number of sulfonamides is 2. The highest BCUT2D eigenvalue weighted by atomic mass is 32.2. The molecular formula is C23H32N2O6S2. The second kappa shape index (κ2) is 12.3. The predicted molar refractivity (Wildman–Crippen MR) is 127 cm³/mol. The van der Waals surface area contributed by atoms with Crippen LogP contribution in [-0.2, 0) is 42.4 Å². The van der Waals surface area contributed by atoms with Crippen LogP contribution in [0.25, 0.3) is 0 Å². The third-order valence-electron chi connectivity index (χ3n) is 5.09. The van der Waals surface area contributed by atoms with Crippen LogP contribution in [0.3, 0.4) is 0 Å². The third-order valence-corrected chi connectivity index (χ3v) is 7.96. The summed E-state index contributed by atoms with van der Waals surface area (Å²) < 4.78 is 57.9. The molecule has 0 spiro atoms. The van der Waals surface area contributed by atoms with E-state index in [4.69, 9.17) is 4.74 Å². The van der Waals surface area contributed by atoms with E-state index in [1.54, 1.807) is 31.2 Å². The molecule has 0 bridgehead atoms. The number of aryl methyl sites for hydroxylation is 2. The van der Waals surface area contributed by atoms with Gasteiger partial charge >= 0.3 is 5.97 Å². The summed E-state index contributed by atoms with van der Waals surface area (Å²) in [5, 5.41) is 0. The molecule has 0 aliphatic rings. The minimum Gasteiger partial charge on any atom is -0.461 e. The van der Waals surface area contributed by atoms with Crippen LogP contribution in [0.5, 0.6) is 0 Å². The maximum atomic E-state index is 12.4. The Morgan fingerprint density at radius 3 is 1.70 bits per heavy atom. The van der Waals surface area contributed by atoms with Gasteiger partial charge in [-0.15, -0.1) is 0 Å². The van der Waals surface area contributed by atoms with Crippen molar-refractivity contribution >= 4 is 26.0 Å². The first-order chi connectivity index (χ1) is 15.5. The zero-order valence-electron chi connectivity index (χ0n) is 19.2. The molecule has 33 heavy (non-hydrogen) atoms. The number of hydrogen-bond donors (Lipinski definition) is 2. The largest absolute Gasteiger partial charge is 0.461 e. The highest BCUT2D eigenvalue weighted by Crippen LogP contribution is 2.15. The second-order valence-electron chi connectivity index (χ2n) is 7.83. The van der Waals surface area contributed by atoms with Gasteiger partial charge < -0.3 is 4.74 Å². The van der Waals surface area contributed by atoms with Gasteiger partial charge in [-0.05, 0) is 75.0 Å². The van der Waals surface area contributed by atoms with Crippen LogP contribution >= 0.6 is 0 Å². The minimum atomic E-state index is -3.66. The number of nitrogens with one attached hydrogen (secondary N) is 2. The second-order valence-corrected chi connectivity index (χ2v) is 11.5. The van der Waals surface area contributed by atoms with Crippen LogP contribution in [0.1, 0.15) is 44.2 Å². The molecule has 0 aliphatic heterocycles. The van der Waals surface area contributed by atoms with E-state index in [1.807, 2.05) is 24.3 Å². The lowest BCUT2D eigenvalue weighted by molar-refractivity contribution is -0.145. The van der Waals surface area contributed by atoms with E-state index in [9.17, 15) is 21.6 Å². The number of carbonyl (C=O) groups excluding carboxylic acids is 1. The van der Waals surface area contributed by atoms with E-state index in [1.165, 1.54) is 14.0 Å². The summed E-state index contributed by atoms with van der Waals surface area (Å²) in [6.45, 7) is 2.91. The van der Waals surface area contributed by atoms with Crippen LogP contribution in [0, 0.1) is 0 Å². The summed E-state index contributed by atoms with van der Waals surface area (Å²) in [5.74, 6) is -0.455. The molecule has 182 valence electrons. The van der Waals surface area contributed by atoms with Crippen LogP contribution in [0.4, 0.5) is 0 Å². The average Bonchev–Trinajstić information content (AvgIpc) is 2.78. The molecule has 2 rings (SSSR count). The van der Waals surface area contributed by atoms with Crippen LogP contribution in [0.2, 0.25) is 0 Å². The lowest BCUT2D eigenvalue weighted by atomic mass is 10.0. The molecule has 0 aliphatic carbocycles. The Bertz CT molecular complexity index is 1110. The average molecular weight is 497 g/mol. The smallest absolute Gasteiger partial charge is 0.302 e. The number of benzene rings is 2. The molecule has 1 unspecified atom stereocenters. The van der Waals surface area contributed by atoms with E-state index >= 15 is 0 Å². The zero-order valence-corrected chi connectivity index (χ0v) is 20.8. The molecule has 10 heteroatoms. The Balaban J connectivity index is 1.75. The number of rotatable bonds is 13. The fourth-order valence-corrected chi connectivity index (χ4v) is 5.10. The monoisotopic (exact) mass is 496 g/mol. The zero-order chi connectivity index (χ0) is 24.5. The third kappa shape index (κ3) is 8.88. The first-order valence-corrected chi connectivity index (χ1v) is 13.8. The van der Waals surface area contributed by atoms with Crippen molar-refractivity contribution in [1.82, 2.24) is 9.44 Å². The lowest BCUT2D eigenvalue weighted by Crippen LogP contribution is -2.32. The molecular weight excluding hydrogens is 464 g/mol. The van der Waals surface area contributed by atoms with Gasteiger partial charge in [0.05, 0.1) is 9.79 Å². The number of hydrogen-bond acceptors (Lipinski definition) is 6. The van der Waals surface area contributed by atoms with Crippen LogP contribution in [-0.4, -0.2) is 42.5 Å². The van der Waals surface area contributed by atoms with E-state index in [0.29, 0.717) is 0 Å². The van der Waals surface area contributed by atoms with Crippen molar-refractivity contribution in [2.24, 2.45) is 0 Å². The van der Waals surface area contributed by atoms with Gasteiger partial charge in [0, 0.05) is 13.5 Å². The fourth-order valence-electron chi connectivity index (χ4n) is 3.26. The molecule has 2 aromatic carbocycles. The maximum Gasteiger partial charge on any atom is 0.302 e. The van der Waals surface area contributed by atoms with Crippen molar-refractivity contribution < 1.29 is 26.4 Å². The Morgan fingerprint density at radius 2 is 1.27 bits per heavy atom. The van der Waals surface area contributed by atoms with Crippen molar-refractivity contribution in [3.8, 4) is 0 Å². The van der Waals surface area contributed by atoms with Gasteiger partial charge in [0.15, 0.2) is 0 Å². The molecule has 0 fully saturated rings. The molecule has 0 heterocycles. The van der Waals surface area contributed by atoms with Crippen LogP contribution in [0.15, 0.2) is 58.3 Å². The normalized spacial score (nSPS) is 12.9. The highest BCUT2D eigenvalue weighted by molar-refractivity contribution is 7.89. The van der Waals surface area contributed by atoms with Crippen molar-refractivity contribution in [2.75, 3.05) is 13.6 Å². The van der Waals surface area contributed by atoms with Gasteiger partial charge in [0.2, 0.25) is 20.0 Å². The van der Waals surface area contributed by atoms with Crippen molar-refractivity contribution in [3.05, 3.63) is 59.7 Å². The minimum absolute atomic E-state index is 0.0116. The Hall–Kier alpha value is -2.27. The standard InChI is InChI=1S/C23H32N2O6S2/c1-18(31-19(2)26)17-25-33(29,30)23-15-11-21(12-16-23)8-6-4-5-7-20-9-13-22(14-10-20)32(27,28)24-3/h9-16,18,24-25H,4-8,17H2,1-3H3. The Morgan fingerprint density at radius 1 is 0.818 bits per heavy atom. The molecule has 0 radical (unpaired) electrons. The highest BCUT2D eigenvalue weighted by Gasteiger charge is 2.16. The van der Waals surface area contributed by atoms with E-state index in [0.717, 1.165) is 43.2 Å². The summed E-state index contributed by atoms with van der Waals surface area (Å²) in [6, 6.07) is 13.7. The quantitative estimate of drug-likeness (QED) is 0.325. The SMILES string of the molecule is CNS(=O)(=O)c1ccc(CCCCCc2ccc(S(=O)(=O)NCC(C)OC(C)=O)cc2)cc1. The Kier molecular flexibility index (Phi) is 10.0.